The van der Waals surface area contributed by atoms with Gasteiger partial charge in [-0.3, -0.25) is 9.59 Å². The molecule has 2 atom stereocenters. The zero-order valence-electron chi connectivity index (χ0n) is 16.5. The third kappa shape index (κ3) is 6.20. The topological polar surface area (TPSA) is 84.5 Å². The average Bonchev–Trinajstić information content (AvgIpc) is 3.17. The van der Waals surface area contributed by atoms with E-state index in [4.69, 9.17) is 4.74 Å². The van der Waals surface area contributed by atoms with E-state index in [0.29, 0.717) is 12.1 Å². The number of thiophene rings is 1. The molecule has 0 spiro atoms. The molecule has 7 heteroatoms. The lowest BCUT2D eigenvalue weighted by molar-refractivity contribution is -0.157. The number of aryl methyl sites for hydroxylation is 1. The van der Waals surface area contributed by atoms with Gasteiger partial charge in [0.15, 0.2) is 6.10 Å². The zero-order chi connectivity index (χ0) is 20.7. The quantitative estimate of drug-likeness (QED) is 0.665. The molecule has 1 unspecified atom stereocenters. The second kappa shape index (κ2) is 10.0. The molecule has 150 valence electrons. The predicted molar refractivity (Wildman–Crippen MR) is 109 cm³/mol. The van der Waals surface area contributed by atoms with Crippen molar-refractivity contribution in [2.75, 3.05) is 0 Å². The number of ether oxygens (including phenoxy) is 1. The standard InChI is InChI=1S/C21H26N2O4S/c1-13(2)18(23-20(25)16-8-5-7-14(3)11-16)21(26)27-15(4)19(24)22-12-17-9-6-10-28-17/h5-11,13,15,18H,12H2,1-4H3,(H,22,24)(H,23,25)/t15?,18-/m0/s1. The maximum Gasteiger partial charge on any atom is 0.329 e. The van der Waals surface area contributed by atoms with Crippen molar-refractivity contribution < 1.29 is 19.1 Å². The van der Waals surface area contributed by atoms with Gasteiger partial charge in [-0.25, -0.2) is 4.79 Å². The van der Waals surface area contributed by atoms with Crippen molar-refractivity contribution in [1.29, 1.82) is 0 Å². The van der Waals surface area contributed by atoms with Crippen LogP contribution in [0, 0.1) is 12.8 Å². The summed E-state index contributed by atoms with van der Waals surface area (Å²) in [6.07, 6.45) is -0.954. The van der Waals surface area contributed by atoms with Gasteiger partial charge in [-0.15, -0.1) is 11.3 Å². The van der Waals surface area contributed by atoms with Crippen LogP contribution in [-0.2, 0) is 20.9 Å². The van der Waals surface area contributed by atoms with Crippen LogP contribution in [0.3, 0.4) is 0 Å². The molecule has 1 heterocycles. The van der Waals surface area contributed by atoms with Crippen LogP contribution in [0.15, 0.2) is 41.8 Å². The molecule has 1 aromatic carbocycles. The molecule has 0 radical (unpaired) electrons. The zero-order valence-corrected chi connectivity index (χ0v) is 17.3. The maximum atomic E-state index is 12.6. The van der Waals surface area contributed by atoms with Crippen LogP contribution in [0.1, 0.15) is 41.6 Å². The third-order valence-electron chi connectivity index (χ3n) is 4.17. The number of amides is 2. The van der Waals surface area contributed by atoms with E-state index in [9.17, 15) is 14.4 Å². The van der Waals surface area contributed by atoms with Gasteiger partial charge in [0.2, 0.25) is 0 Å². The molecule has 2 rings (SSSR count). The van der Waals surface area contributed by atoms with Crippen LogP contribution in [0.2, 0.25) is 0 Å². The molecule has 0 saturated heterocycles. The van der Waals surface area contributed by atoms with Crippen molar-refractivity contribution >= 4 is 29.1 Å². The Kier molecular flexibility index (Phi) is 7.75. The first-order valence-corrected chi connectivity index (χ1v) is 10.0. The highest BCUT2D eigenvalue weighted by atomic mass is 32.1. The van der Waals surface area contributed by atoms with Gasteiger partial charge in [-0.1, -0.05) is 37.6 Å². The Morgan fingerprint density at radius 2 is 1.86 bits per heavy atom. The second-order valence-electron chi connectivity index (χ2n) is 6.94. The Labute approximate surface area is 169 Å². The van der Waals surface area contributed by atoms with E-state index < -0.39 is 18.1 Å². The summed E-state index contributed by atoms with van der Waals surface area (Å²) < 4.78 is 5.30. The fourth-order valence-corrected chi connectivity index (χ4v) is 3.19. The number of esters is 1. The highest BCUT2D eigenvalue weighted by Crippen LogP contribution is 2.11. The van der Waals surface area contributed by atoms with Crippen LogP contribution < -0.4 is 10.6 Å². The van der Waals surface area contributed by atoms with Crippen molar-refractivity contribution in [2.24, 2.45) is 5.92 Å². The fraction of sp³-hybridized carbons (Fsp3) is 0.381. The average molecular weight is 403 g/mol. The van der Waals surface area contributed by atoms with Crippen LogP contribution in [0.4, 0.5) is 0 Å². The van der Waals surface area contributed by atoms with Crippen LogP contribution in [0.25, 0.3) is 0 Å². The molecule has 0 fully saturated rings. The van der Waals surface area contributed by atoms with Crippen LogP contribution >= 0.6 is 11.3 Å². The summed E-state index contributed by atoms with van der Waals surface area (Å²) in [5.74, 6) is -1.55. The van der Waals surface area contributed by atoms with Gasteiger partial charge in [0.1, 0.15) is 6.04 Å². The Morgan fingerprint density at radius 3 is 2.46 bits per heavy atom. The minimum Gasteiger partial charge on any atom is -0.451 e. The molecule has 1 aromatic heterocycles. The number of nitrogens with one attached hydrogen (secondary N) is 2. The lowest BCUT2D eigenvalue weighted by Gasteiger charge is -2.23. The van der Waals surface area contributed by atoms with E-state index in [1.54, 1.807) is 18.2 Å². The molecule has 2 aromatic rings. The predicted octanol–water partition coefficient (Wildman–Crippen LogP) is 3.06. The molecular weight excluding hydrogens is 376 g/mol. The van der Waals surface area contributed by atoms with Crippen LogP contribution in [0.5, 0.6) is 0 Å². The van der Waals surface area contributed by atoms with Crippen molar-refractivity contribution in [3.63, 3.8) is 0 Å². The van der Waals surface area contributed by atoms with Crippen molar-refractivity contribution in [2.45, 2.75) is 46.4 Å². The van der Waals surface area contributed by atoms with Crippen molar-refractivity contribution in [1.82, 2.24) is 10.6 Å². The van der Waals surface area contributed by atoms with Gasteiger partial charge in [-0.05, 0) is 43.3 Å². The largest absolute Gasteiger partial charge is 0.451 e. The third-order valence-corrected chi connectivity index (χ3v) is 5.04. The number of benzene rings is 1. The smallest absolute Gasteiger partial charge is 0.329 e. The van der Waals surface area contributed by atoms with E-state index in [2.05, 4.69) is 10.6 Å². The van der Waals surface area contributed by atoms with Gasteiger partial charge >= 0.3 is 5.97 Å². The molecular formula is C21H26N2O4S. The molecule has 2 N–H and O–H groups in total. The summed E-state index contributed by atoms with van der Waals surface area (Å²) in [4.78, 5) is 38.2. The van der Waals surface area contributed by atoms with E-state index in [1.807, 2.05) is 44.4 Å². The number of carbonyl (C=O) groups is 3. The highest BCUT2D eigenvalue weighted by Gasteiger charge is 2.29. The lowest BCUT2D eigenvalue weighted by Crippen LogP contribution is -2.47. The molecule has 0 aliphatic rings. The molecule has 28 heavy (non-hydrogen) atoms. The van der Waals surface area contributed by atoms with Gasteiger partial charge in [0.25, 0.3) is 11.8 Å². The first kappa shape index (κ1) is 21.6. The minimum absolute atomic E-state index is 0.192. The summed E-state index contributed by atoms with van der Waals surface area (Å²) in [5.41, 5.74) is 1.42. The Morgan fingerprint density at radius 1 is 1.11 bits per heavy atom. The first-order valence-electron chi connectivity index (χ1n) is 9.16. The molecule has 0 aliphatic carbocycles. The summed E-state index contributed by atoms with van der Waals surface area (Å²) >= 11 is 1.54. The molecule has 0 aliphatic heterocycles. The SMILES string of the molecule is Cc1cccc(C(=O)N[C@H](C(=O)OC(C)C(=O)NCc2cccs2)C(C)C)c1. The van der Waals surface area contributed by atoms with E-state index in [-0.39, 0.29) is 17.7 Å². The van der Waals surface area contributed by atoms with Crippen molar-refractivity contribution in [3.8, 4) is 0 Å². The normalized spacial score (nSPS) is 12.9. The van der Waals surface area contributed by atoms with E-state index >= 15 is 0 Å². The van der Waals surface area contributed by atoms with E-state index in [0.717, 1.165) is 10.4 Å². The Balaban J connectivity index is 1.94. The maximum absolute atomic E-state index is 12.6. The Hall–Kier alpha value is -2.67. The molecule has 0 saturated carbocycles. The van der Waals surface area contributed by atoms with Gasteiger partial charge in [0, 0.05) is 10.4 Å². The summed E-state index contributed by atoms with van der Waals surface area (Å²) in [7, 11) is 0. The summed E-state index contributed by atoms with van der Waals surface area (Å²) in [5, 5.41) is 7.38. The summed E-state index contributed by atoms with van der Waals surface area (Å²) in [6, 6.07) is 10.1. The fourth-order valence-electron chi connectivity index (χ4n) is 2.54. The molecule has 2 amide bonds. The number of rotatable bonds is 8. The Bertz CT molecular complexity index is 818. The number of carbonyl (C=O) groups excluding carboxylic acids is 3. The van der Waals surface area contributed by atoms with Crippen LogP contribution in [-0.4, -0.2) is 29.9 Å². The van der Waals surface area contributed by atoms with Gasteiger partial charge < -0.3 is 15.4 Å². The molecule has 6 nitrogen and oxygen atoms in total. The lowest BCUT2D eigenvalue weighted by atomic mass is 10.0. The van der Waals surface area contributed by atoms with Gasteiger partial charge in [-0.2, -0.15) is 0 Å². The van der Waals surface area contributed by atoms with Gasteiger partial charge in [0.05, 0.1) is 6.54 Å². The highest BCUT2D eigenvalue weighted by molar-refractivity contribution is 7.09. The first-order chi connectivity index (χ1) is 13.3. The molecule has 0 bridgehead atoms. The second-order valence-corrected chi connectivity index (χ2v) is 7.97. The van der Waals surface area contributed by atoms with Crippen molar-refractivity contribution in [3.05, 3.63) is 57.8 Å². The number of hydrogen-bond acceptors (Lipinski definition) is 5. The summed E-state index contributed by atoms with van der Waals surface area (Å²) in [6.45, 7) is 7.41. The number of hydrogen-bond donors (Lipinski definition) is 2. The minimum atomic E-state index is -0.954. The van der Waals surface area contributed by atoms with E-state index in [1.165, 1.54) is 18.3 Å². The monoisotopic (exact) mass is 402 g/mol.